The number of H-pyrrole nitrogens is 1. The van der Waals surface area contributed by atoms with Gasteiger partial charge in [-0.1, -0.05) is 0 Å². The fourth-order valence-electron chi connectivity index (χ4n) is 1.92. The lowest BCUT2D eigenvalue weighted by atomic mass is 10.1. The molecule has 1 aromatic rings. The predicted octanol–water partition coefficient (Wildman–Crippen LogP) is -0.743. The lowest BCUT2D eigenvalue weighted by molar-refractivity contribution is -0.386. The lowest BCUT2D eigenvalue weighted by Gasteiger charge is -2.12. The Bertz CT molecular complexity index is 595. The molecular weight excluding hydrogens is 258 g/mol. The van der Waals surface area contributed by atoms with Gasteiger partial charge >= 0.3 is 11.2 Å². The van der Waals surface area contributed by atoms with Crippen LogP contribution in [-0.4, -0.2) is 33.5 Å². The minimum atomic E-state index is -0.963. The number of nitrogens with one attached hydrogen (secondary N) is 1. The zero-order chi connectivity index (χ0) is 14.2. The number of hydrogen-bond acceptors (Lipinski definition) is 7. The van der Waals surface area contributed by atoms with Crippen LogP contribution in [0.5, 0.6) is 0 Å². The number of nitro groups is 1. The number of anilines is 1. The number of nitrogen functional groups attached to an aromatic ring is 1. The van der Waals surface area contributed by atoms with Crippen LogP contribution in [0.3, 0.4) is 0 Å². The number of aromatic nitrogens is 1. The number of hydrogen-bond donors (Lipinski definition) is 3. The Labute approximate surface area is 106 Å². The van der Waals surface area contributed by atoms with Gasteiger partial charge in [-0.2, -0.15) is 0 Å². The molecule has 0 spiro atoms. The van der Waals surface area contributed by atoms with Gasteiger partial charge in [0.1, 0.15) is 11.9 Å². The highest BCUT2D eigenvalue weighted by molar-refractivity contribution is 5.85. The van der Waals surface area contributed by atoms with Gasteiger partial charge in [0.05, 0.1) is 17.6 Å². The van der Waals surface area contributed by atoms with E-state index in [-0.39, 0.29) is 23.6 Å². The molecule has 2 heterocycles. The first kappa shape index (κ1) is 13.2. The van der Waals surface area contributed by atoms with Crippen molar-refractivity contribution in [3.63, 3.8) is 0 Å². The second-order valence-corrected chi connectivity index (χ2v) is 4.08. The highest BCUT2D eigenvalue weighted by Crippen LogP contribution is 2.33. The molecule has 0 radical (unpaired) electrons. The quantitative estimate of drug-likeness (QED) is 0.483. The first-order chi connectivity index (χ1) is 8.93. The van der Waals surface area contributed by atoms with Crippen LogP contribution in [0.4, 0.5) is 11.5 Å². The molecule has 9 nitrogen and oxygen atoms in total. The number of carbonyl (C=O) groups is 1. The highest BCUT2D eigenvalue weighted by atomic mass is 16.6. The lowest BCUT2D eigenvalue weighted by Crippen LogP contribution is -2.20. The van der Waals surface area contributed by atoms with Gasteiger partial charge in [0.15, 0.2) is 5.78 Å². The molecule has 0 bridgehead atoms. The Morgan fingerprint density at radius 2 is 2.26 bits per heavy atom. The molecule has 2 atom stereocenters. The summed E-state index contributed by atoms with van der Waals surface area (Å²) in [5.41, 5.74) is 4.14. The molecule has 9 heteroatoms. The van der Waals surface area contributed by atoms with Gasteiger partial charge < -0.3 is 20.6 Å². The summed E-state index contributed by atoms with van der Waals surface area (Å²) in [5.74, 6) is -0.409. The molecule has 1 saturated heterocycles. The molecule has 1 aliphatic rings. The van der Waals surface area contributed by atoms with Gasteiger partial charge in [-0.05, 0) is 0 Å². The Hall–Kier alpha value is -2.26. The van der Waals surface area contributed by atoms with E-state index >= 15 is 0 Å². The van der Waals surface area contributed by atoms with E-state index in [0.717, 1.165) is 6.07 Å². The fourth-order valence-corrected chi connectivity index (χ4v) is 1.92. The van der Waals surface area contributed by atoms with E-state index in [4.69, 9.17) is 15.6 Å². The number of rotatable bonds is 3. The Morgan fingerprint density at radius 1 is 1.58 bits per heavy atom. The number of nitrogens with two attached hydrogens (primary N) is 1. The van der Waals surface area contributed by atoms with Crippen LogP contribution in [0.2, 0.25) is 0 Å². The number of ether oxygens (including phenoxy) is 1. The van der Waals surface area contributed by atoms with Crippen molar-refractivity contribution in [2.45, 2.75) is 18.6 Å². The largest absolute Gasteiger partial charge is 0.393 e. The monoisotopic (exact) mass is 269 g/mol. The minimum Gasteiger partial charge on any atom is -0.393 e. The molecule has 0 amide bonds. The number of Topliss-reactive ketones (excluding diaryl/α,β-unsaturated/α-hetero) is 1. The molecule has 1 aromatic heterocycles. The molecule has 0 saturated carbocycles. The fraction of sp³-hybridized carbons (Fsp3) is 0.400. The molecule has 2 rings (SSSR count). The third kappa shape index (κ3) is 2.33. The average Bonchev–Trinajstić information content (AvgIpc) is 2.69. The van der Waals surface area contributed by atoms with Crippen molar-refractivity contribution in [1.82, 2.24) is 4.98 Å². The van der Waals surface area contributed by atoms with E-state index in [0.29, 0.717) is 0 Å². The first-order valence-corrected chi connectivity index (χ1v) is 5.40. The predicted molar refractivity (Wildman–Crippen MR) is 62.5 cm³/mol. The highest BCUT2D eigenvalue weighted by Gasteiger charge is 2.36. The summed E-state index contributed by atoms with van der Waals surface area (Å²) >= 11 is 0. The second kappa shape index (κ2) is 4.78. The van der Waals surface area contributed by atoms with Crippen LogP contribution in [0, 0.1) is 10.1 Å². The number of pyridine rings is 1. The number of aliphatic hydroxyl groups excluding tert-OH is 1. The standard InChI is InChI=1S/C10H11N3O6/c11-9-4(1-5(13(17)18)10(16)12-9)7-2-6(15)8(3-14)19-7/h1,7-8,14H,2-3H2,(H3,11,12,16)/t7-,8-/m1/s1. The van der Waals surface area contributed by atoms with E-state index in [1.807, 2.05) is 0 Å². The zero-order valence-corrected chi connectivity index (χ0v) is 9.66. The maximum absolute atomic E-state index is 11.5. The van der Waals surface area contributed by atoms with Gasteiger partial charge in [-0.15, -0.1) is 0 Å². The summed E-state index contributed by atoms with van der Waals surface area (Å²) in [7, 11) is 0. The number of aromatic amines is 1. The maximum Gasteiger partial charge on any atom is 0.334 e. The van der Waals surface area contributed by atoms with E-state index in [1.165, 1.54) is 0 Å². The van der Waals surface area contributed by atoms with Crippen molar-refractivity contribution in [3.05, 3.63) is 32.1 Å². The van der Waals surface area contributed by atoms with Crippen molar-refractivity contribution >= 4 is 17.3 Å². The topological polar surface area (TPSA) is 149 Å². The minimum absolute atomic E-state index is 0.0569. The molecular formula is C10H11N3O6. The van der Waals surface area contributed by atoms with Crippen molar-refractivity contribution < 1.29 is 19.6 Å². The summed E-state index contributed by atoms with van der Waals surface area (Å²) in [4.78, 5) is 34.7. The summed E-state index contributed by atoms with van der Waals surface area (Å²) in [6, 6.07) is 0.992. The Morgan fingerprint density at radius 3 is 2.79 bits per heavy atom. The summed E-state index contributed by atoms with van der Waals surface area (Å²) < 4.78 is 5.24. The summed E-state index contributed by atoms with van der Waals surface area (Å²) in [6.45, 7) is -0.472. The molecule has 1 aliphatic heterocycles. The molecule has 4 N–H and O–H groups in total. The van der Waals surface area contributed by atoms with Crippen LogP contribution >= 0.6 is 0 Å². The van der Waals surface area contributed by atoms with E-state index in [1.54, 1.807) is 0 Å². The molecule has 19 heavy (non-hydrogen) atoms. The second-order valence-electron chi connectivity index (χ2n) is 4.08. The van der Waals surface area contributed by atoms with E-state index in [9.17, 15) is 19.7 Å². The summed E-state index contributed by atoms with van der Waals surface area (Å²) in [6.07, 6.45) is -1.82. The molecule has 102 valence electrons. The number of carbonyl (C=O) groups excluding carboxylic acids is 1. The first-order valence-electron chi connectivity index (χ1n) is 5.40. The van der Waals surface area contributed by atoms with Crippen molar-refractivity contribution in [3.8, 4) is 0 Å². The summed E-state index contributed by atoms with van der Waals surface area (Å²) in [5, 5.41) is 19.6. The Kier molecular flexibility index (Phi) is 3.32. The van der Waals surface area contributed by atoms with Crippen LogP contribution in [0.15, 0.2) is 10.9 Å². The maximum atomic E-state index is 11.5. The van der Waals surface area contributed by atoms with Gasteiger partial charge in [-0.3, -0.25) is 19.7 Å². The number of ketones is 1. The molecule has 0 aliphatic carbocycles. The smallest absolute Gasteiger partial charge is 0.334 e. The van der Waals surface area contributed by atoms with Gasteiger partial charge in [-0.25, -0.2) is 0 Å². The molecule has 0 aromatic carbocycles. The van der Waals surface area contributed by atoms with Crippen LogP contribution in [0.25, 0.3) is 0 Å². The number of aliphatic hydroxyl groups is 1. The Balaban J connectivity index is 2.41. The van der Waals surface area contributed by atoms with Crippen molar-refractivity contribution in [2.24, 2.45) is 0 Å². The van der Waals surface area contributed by atoms with E-state index in [2.05, 4.69) is 4.98 Å². The average molecular weight is 269 g/mol. The van der Waals surface area contributed by atoms with E-state index < -0.39 is 35.0 Å². The van der Waals surface area contributed by atoms with Crippen LogP contribution in [0.1, 0.15) is 18.1 Å². The van der Waals surface area contributed by atoms with Crippen LogP contribution < -0.4 is 11.3 Å². The van der Waals surface area contributed by atoms with Gasteiger partial charge in [0.25, 0.3) is 0 Å². The normalized spacial score (nSPS) is 22.7. The van der Waals surface area contributed by atoms with Crippen LogP contribution in [-0.2, 0) is 9.53 Å². The molecule has 0 unspecified atom stereocenters. The van der Waals surface area contributed by atoms with Gasteiger partial charge in [0, 0.05) is 18.1 Å². The third-order valence-corrected chi connectivity index (χ3v) is 2.87. The molecule has 1 fully saturated rings. The number of nitrogens with zero attached hydrogens (tertiary/aromatic N) is 1. The van der Waals surface area contributed by atoms with Gasteiger partial charge in [0.2, 0.25) is 0 Å². The SMILES string of the molecule is Nc1[nH]c(=O)c([N+](=O)[O-])cc1[C@H]1CC(=O)[C@@H](CO)O1. The zero-order valence-electron chi connectivity index (χ0n) is 9.66. The van der Waals surface area contributed by atoms with Crippen molar-refractivity contribution in [1.29, 1.82) is 0 Å². The van der Waals surface area contributed by atoms with Crippen molar-refractivity contribution in [2.75, 3.05) is 12.3 Å². The third-order valence-electron chi connectivity index (χ3n) is 2.87.